The van der Waals surface area contributed by atoms with Gasteiger partial charge < -0.3 is 70.7 Å². The summed E-state index contributed by atoms with van der Waals surface area (Å²) in [5, 5.41) is 64.1. The van der Waals surface area contributed by atoms with Crippen LogP contribution in [0, 0.1) is 34.5 Å². The number of carboxylic acid groups (broad SMARTS) is 2. The Morgan fingerprint density at radius 3 is 2.36 bits per heavy atom. The number of aliphatic hydroxyl groups is 2. The number of carbonyl (C=O) groups is 10. The van der Waals surface area contributed by atoms with Crippen LogP contribution in [0.3, 0.4) is 0 Å². The van der Waals surface area contributed by atoms with Gasteiger partial charge in [-0.25, -0.2) is 24.4 Å². The fourth-order valence-electron chi connectivity index (χ4n) is 19.9. The van der Waals surface area contributed by atoms with Gasteiger partial charge in [0.1, 0.15) is 37.2 Å². The number of alkyl carbamates (subject to hydrolysis) is 1. The smallest absolute Gasteiger partial charge is 0.407 e. The Hall–Kier alpha value is -9.08. The van der Waals surface area contributed by atoms with Crippen molar-refractivity contribution in [1.82, 2.24) is 55.4 Å². The molecule has 4 aliphatic heterocycles. The molecule has 32 heteroatoms. The number of likely N-dealkylation sites (tertiary alicyclic amines) is 1. The Labute approximate surface area is 657 Å². The number of hydrogen-bond donors (Lipinski definition) is 10. The number of aliphatic hydroxyl groups excluding tert-OH is 2. The lowest BCUT2D eigenvalue weighted by molar-refractivity contribution is -0.195. The van der Waals surface area contributed by atoms with Gasteiger partial charge >= 0.3 is 18.0 Å². The molecule has 7 heterocycles. The van der Waals surface area contributed by atoms with Gasteiger partial charge in [-0.3, -0.25) is 48.5 Å². The van der Waals surface area contributed by atoms with Crippen molar-refractivity contribution >= 4 is 109 Å². The first-order valence-electron chi connectivity index (χ1n) is 38.9. The molecule has 8 aliphatic rings. The van der Waals surface area contributed by atoms with E-state index in [1.807, 2.05) is 57.5 Å². The number of imidazole rings is 1. The third-order valence-electron chi connectivity index (χ3n) is 25.5. The van der Waals surface area contributed by atoms with Crippen LogP contribution in [-0.4, -0.2) is 198 Å². The van der Waals surface area contributed by atoms with Gasteiger partial charge in [-0.1, -0.05) is 96.9 Å². The molecule has 3 bridgehead atoms. The van der Waals surface area contributed by atoms with E-state index in [0.717, 1.165) is 91.4 Å². The first kappa shape index (κ1) is 81.0. The molecule has 5 aromatic rings. The van der Waals surface area contributed by atoms with Gasteiger partial charge in [0, 0.05) is 54.3 Å². The van der Waals surface area contributed by atoms with Crippen LogP contribution in [0.15, 0.2) is 73.0 Å². The fourth-order valence-corrected chi connectivity index (χ4v) is 22.5. The van der Waals surface area contributed by atoms with Crippen molar-refractivity contribution in [3.63, 3.8) is 0 Å². The summed E-state index contributed by atoms with van der Waals surface area (Å²) in [7, 11) is 0. The Morgan fingerprint density at radius 1 is 0.875 bits per heavy atom. The fraction of sp³-hybridized carbons (Fsp3) is 0.588. The highest BCUT2D eigenvalue weighted by Crippen LogP contribution is 2.90. The van der Waals surface area contributed by atoms with Crippen LogP contribution in [0.4, 0.5) is 15.6 Å². The Kier molecular flexibility index (Phi) is 22.7. The molecule has 10 N–H and O–H groups in total. The topological polar surface area (TPSA) is 407 Å². The first-order valence-corrected chi connectivity index (χ1v) is 40.6. The summed E-state index contributed by atoms with van der Waals surface area (Å²) in [6, 6.07) is 9.96. The van der Waals surface area contributed by atoms with Crippen molar-refractivity contribution in [3.05, 3.63) is 107 Å². The van der Waals surface area contributed by atoms with Crippen LogP contribution in [0.1, 0.15) is 184 Å². The number of anilines is 2. The number of thiazole rings is 1. The molecular weight excluding hydrogens is 1480 g/mol. The van der Waals surface area contributed by atoms with Crippen molar-refractivity contribution in [2.45, 2.75) is 243 Å². The molecule has 602 valence electrons. The highest BCUT2D eigenvalue weighted by atomic mass is 32.2. The zero-order valence-corrected chi connectivity index (χ0v) is 66.7. The van der Waals surface area contributed by atoms with Crippen LogP contribution >= 0.6 is 23.1 Å². The molecule has 7 unspecified atom stereocenters. The highest BCUT2D eigenvalue weighted by molar-refractivity contribution is 8.02. The van der Waals surface area contributed by atoms with Gasteiger partial charge in [-0.05, 0) is 166 Å². The molecule has 30 nitrogen and oxygen atoms in total. The molecule has 4 aliphatic carbocycles. The first-order chi connectivity index (χ1) is 53.1. The number of fused-ring (bicyclic) bond motifs is 4. The van der Waals surface area contributed by atoms with Crippen molar-refractivity contribution in [1.29, 1.82) is 0 Å². The SMILES string of the molecule is CCCCC(CC)(CC)SC1CC(=O)N(CC(=O)N[C@H](C(=O)N[C@@H](C)C(=O)Nc2ccc(COC(=O)NCCOC34CC5(Cn6ncc(C7=CC=C(N8CCn9cnc(C(=O)Nc%10nc%11ccccc%11s%10)c9C8)NC7(C)C(=O)O)c6C)CC6(C)CC(C)(C3)C6(C5)C4)c(CC[C@@H]3O[C@H](C(=O)O)[C@@H](O)C(=O)[C@H]3O)c2)C(C)C)C1=O. The van der Waals surface area contributed by atoms with Gasteiger partial charge in [0.25, 0.3) is 5.91 Å². The Balaban J connectivity index is 0.633. The standard InChI is InChI=1S/C80H103N13O17S2/c1-11-14-25-79(12-2,13-3)112-56-31-59(95)92(69(56)102)34-58(94)87-60(44(4)5)67(100)84-45(6)66(99)85-49-21-19-48(47(30-49)20-23-54-62(96)63(97)64(98)65(110-54)70(103)104)35-108-73(107)81-26-29-109-78-38-75(9)36-74(8)37-77(39-78,40-80(74,75)41-78)42-93-46(7)50(32-83-93)51-22-24-57(89-76(51,10)71(105)106)90-27-28-91-43-82-61(53(91)33-90)68(101)88-72-86-52-17-15-16-18-55(52)111-72/h15-19,21-22,24,30,32,43-45,54,56,60,62,64-65,89,96,98H,11-14,20,23,25-29,31,33-42H2,1-10H3,(H,81,107)(H,84,100)(H,85,99)(H,87,94)(H,103,104)(H,105,106)(H,86,88,101)/t45-,54-,56?,60-,62-,64-,65-,74?,75?,76?,77?,78?,80?/m0/s1. The van der Waals surface area contributed by atoms with Crippen molar-refractivity contribution in [2.24, 2.45) is 27.6 Å². The van der Waals surface area contributed by atoms with Crippen molar-refractivity contribution in [3.8, 4) is 0 Å². The number of imide groups is 1. The summed E-state index contributed by atoms with van der Waals surface area (Å²) in [6.07, 6.45) is 8.85. The molecule has 2 saturated heterocycles. The minimum absolute atomic E-state index is 0.0104. The summed E-state index contributed by atoms with van der Waals surface area (Å²) in [6.45, 7) is 20.8. The number of carboxylic acids is 2. The number of para-hydroxylation sites is 1. The van der Waals surface area contributed by atoms with Crippen LogP contribution in [-0.2, 0) is 85.2 Å². The number of carbonyl (C=O) groups excluding carboxylic acids is 8. The van der Waals surface area contributed by atoms with Gasteiger partial charge in [0.05, 0.1) is 58.5 Å². The summed E-state index contributed by atoms with van der Waals surface area (Å²) in [5.74, 6) is -7.11. The van der Waals surface area contributed by atoms with E-state index in [1.165, 1.54) is 36.1 Å². The molecule has 2 aromatic carbocycles. The number of aromatic nitrogens is 5. The van der Waals surface area contributed by atoms with Gasteiger partial charge in [-0.15, -0.1) is 11.8 Å². The molecule has 3 aromatic heterocycles. The number of ether oxygens (including phenoxy) is 3. The minimum atomic E-state index is -2.11. The van der Waals surface area contributed by atoms with E-state index in [0.29, 0.717) is 65.1 Å². The Bertz CT molecular complexity index is 4610. The number of allylic oxidation sites excluding steroid dienone is 2. The number of nitrogens with one attached hydrogen (secondary N) is 6. The number of aliphatic carboxylic acids is 2. The van der Waals surface area contributed by atoms with E-state index >= 15 is 0 Å². The van der Waals surface area contributed by atoms with Gasteiger partial charge in [-0.2, -0.15) is 5.10 Å². The van der Waals surface area contributed by atoms with Crippen LogP contribution in [0.25, 0.3) is 15.8 Å². The molecular formula is C80H103N13O17S2. The molecule has 6 fully saturated rings. The quantitative estimate of drug-likeness (QED) is 0.0145. The molecule has 4 saturated carbocycles. The minimum Gasteiger partial charge on any atom is -0.479 e. The number of unbranched alkanes of at least 4 members (excludes halogenated alkanes) is 1. The molecule has 7 amide bonds. The lowest BCUT2D eigenvalue weighted by Crippen LogP contribution is -2.57. The maximum absolute atomic E-state index is 13.9. The molecule has 0 radical (unpaired) electrons. The normalized spacial score (nSPS) is 28.2. The predicted molar refractivity (Wildman–Crippen MR) is 415 cm³/mol. The second kappa shape index (κ2) is 31.4. The van der Waals surface area contributed by atoms with E-state index < -0.39 is 119 Å². The Morgan fingerprint density at radius 2 is 1.63 bits per heavy atom. The van der Waals surface area contributed by atoms with Crippen LogP contribution in [0.2, 0.25) is 0 Å². The monoisotopic (exact) mass is 1580 g/mol. The van der Waals surface area contributed by atoms with Gasteiger partial charge in [0.2, 0.25) is 29.5 Å². The van der Waals surface area contributed by atoms with E-state index in [2.05, 4.69) is 76.5 Å². The molecule has 13 atom stereocenters. The number of benzene rings is 2. The predicted octanol–water partition coefficient (Wildman–Crippen LogP) is 7.77. The average molecular weight is 1580 g/mol. The molecule has 13 rings (SSSR count). The zero-order valence-electron chi connectivity index (χ0n) is 65.1. The van der Waals surface area contributed by atoms with E-state index in [4.69, 9.17) is 19.3 Å². The maximum atomic E-state index is 13.9. The number of thioether (sulfide) groups is 1. The lowest BCUT2D eigenvalue weighted by Gasteiger charge is -2.64. The third-order valence-corrected chi connectivity index (χ3v) is 28.3. The summed E-state index contributed by atoms with van der Waals surface area (Å²) in [4.78, 5) is 146. The number of aryl methyl sites for hydroxylation is 1. The summed E-state index contributed by atoms with van der Waals surface area (Å²) < 4.78 is 23.1. The van der Waals surface area contributed by atoms with Gasteiger partial charge in [0.15, 0.2) is 34.4 Å². The number of hydrogen-bond acceptors (Lipinski definition) is 22. The zero-order chi connectivity index (χ0) is 80.4. The molecule has 1 spiro atoms. The number of Topliss-reactive ketones (excluding diaryl/α,β-unsaturated/α-hetero) is 1. The van der Waals surface area contributed by atoms with E-state index in [1.54, 1.807) is 45.4 Å². The van der Waals surface area contributed by atoms with Crippen LogP contribution < -0.4 is 31.9 Å². The third kappa shape index (κ3) is 15.3. The second-order valence-corrected chi connectivity index (χ2v) is 36.0. The summed E-state index contributed by atoms with van der Waals surface area (Å²) >= 11 is 2.88. The highest BCUT2D eigenvalue weighted by Gasteiger charge is 2.84. The van der Waals surface area contributed by atoms with Crippen LogP contribution in [0.5, 0.6) is 0 Å². The number of dihydropyridines is 1. The summed E-state index contributed by atoms with van der Waals surface area (Å²) in [5.41, 5.74) is 2.69. The maximum Gasteiger partial charge on any atom is 0.407 e. The van der Waals surface area contributed by atoms with E-state index in [9.17, 15) is 68.4 Å². The largest absolute Gasteiger partial charge is 0.479 e. The number of rotatable bonds is 32. The van der Waals surface area contributed by atoms with Crippen molar-refractivity contribution in [2.75, 3.05) is 36.9 Å². The number of ketones is 1. The molecule has 112 heavy (non-hydrogen) atoms. The van der Waals surface area contributed by atoms with E-state index in [-0.39, 0.29) is 82.7 Å². The lowest BCUT2D eigenvalue weighted by atomic mass is 9.40. The second-order valence-electron chi connectivity index (χ2n) is 33.3. The number of amides is 7. The number of nitrogens with zero attached hydrogens (tertiary/aromatic N) is 7. The van der Waals surface area contributed by atoms with Crippen molar-refractivity contribution < 1.29 is 82.6 Å². The average Bonchev–Trinajstić information content (AvgIpc) is 1.46.